The smallest absolute Gasteiger partial charge is 0.306 e. The van der Waals surface area contributed by atoms with Crippen LogP contribution in [0, 0.1) is 0 Å². The Morgan fingerprint density at radius 2 is 0.470 bits per heavy atom. The zero-order chi connectivity index (χ0) is 59.9. The first-order valence-corrected chi connectivity index (χ1v) is 34.0. The lowest BCUT2D eigenvalue weighted by molar-refractivity contribution is -0.167. The molecule has 1 atom stereocenters. The predicted octanol–water partition coefficient (Wildman–Crippen LogP) is 23.7. The van der Waals surface area contributed by atoms with Gasteiger partial charge in [0.25, 0.3) is 0 Å². The Morgan fingerprint density at radius 3 is 0.747 bits per heavy atom. The third kappa shape index (κ3) is 67.7. The Bertz CT molecular complexity index is 1840. The molecule has 0 aliphatic carbocycles. The first-order valence-electron chi connectivity index (χ1n) is 34.0. The highest BCUT2D eigenvalue weighted by Gasteiger charge is 2.19. The van der Waals surface area contributed by atoms with Crippen molar-refractivity contribution in [2.45, 2.75) is 297 Å². The van der Waals surface area contributed by atoms with E-state index < -0.39 is 6.10 Å². The summed E-state index contributed by atoms with van der Waals surface area (Å²) in [5.74, 6) is -0.935. The molecule has 0 saturated carbocycles. The van der Waals surface area contributed by atoms with Crippen molar-refractivity contribution in [1.29, 1.82) is 0 Å². The van der Waals surface area contributed by atoms with Crippen molar-refractivity contribution in [3.8, 4) is 0 Å². The van der Waals surface area contributed by atoms with Gasteiger partial charge >= 0.3 is 17.9 Å². The van der Waals surface area contributed by atoms with Crippen LogP contribution >= 0.6 is 0 Å². The van der Waals surface area contributed by atoms with E-state index in [0.717, 1.165) is 161 Å². The van der Waals surface area contributed by atoms with E-state index in [0.29, 0.717) is 19.3 Å². The molecule has 0 N–H and O–H groups in total. The van der Waals surface area contributed by atoms with Crippen molar-refractivity contribution in [2.75, 3.05) is 13.2 Å². The molecule has 0 spiro atoms. The van der Waals surface area contributed by atoms with Gasteiger partial charge in [0.1, 0.15) is 13.2 Å². The number of rotatable bonds is 60. The monoisotopic (exact) mass is 1140 g/mol. The molecule has 0 aliphatic rings. The highest BCUT2D eigenvalue weighted by molar-refractivity contribution is 5.71. The second-order valence-corrected chi connectivity index (χ2v) is 22.0. The largest absolute Gasteiger partial charge is 0.462 e. The van der Waals surface area contributed by atoms with E-state index >= 15 is 0 Å². The third-order valence-electron chi connectivity index (χ3n) is 14.0. The van der Waals surface area contributed by atoms with Crippen molar-refractivity contribution < 1.29 is 28.6 Å². The lowest BCUT2D eigenvalue weighted by Crippen LogP contribution is -2.30. The lowest BCUT2D eigenvalue weighted by atomic mass is 10.0. The second kappa shape index (κ2) is 69.5. The van der Waals surface area contributed by atoms with E-state index in [1.54, 1.807) is 0 Å². The van der Waals surface area contributed by atoms with Crippen LogP contribution in [0.25, 0.3) is 0 Å². The molecule has 0 aromatic rings. The summed E-state index contributed by atoms with van der Waals surface area (Å²) in [7, 11) is 0. The van der Waals surface area contributed by atoms with E-state index in [1.807, 2.05) is 0 Å². The summed E-state index contributed by atoms with van der Waals surface area (Å²) < 4.78 is 16.9. The van der Waals surface area contributed by atoms with E-state index in [4.69, 9.17) is 14.2 Å². The third-order valence-corrected chi connectivity index (χ3v) is 14.0. The maximum absolute atomic E-state index is 12.9. The molecule has 0 bridgehead atoms. The van der Waals surface area contributed by atoms with Gasteiger partial charge < -0.3 is 14.2 Å². The van der Waals surface area contributed by atoms with E-state index in [1.165, 1.54) is 89.9 Å². The van der Waals surface area contributed by atoms with Gasteiger partial charge in [-0.05, 0) is 148 Å². The molecular formula is C77H124O6. The summed E-state index contributed by atoms with van der Waals surface area (Å²) >= 11 is 0. The maximum atomic E-state index is 12.9. The number of unbranched alkanes of at least 4 members (excludes halogenated alkanes) is 23. The van der Waals surface area contributed by atoms with E-state index in [9.17, 15) is 14.4 Å². The molecule has 0 fully saturated rings. The first kappa shape index (κ1) is 78.0. The number of ether oxygens (including phenoxy) is 3. The van der Waals surface area contributed by atoms with Crippen LogP contribution in [0.4, 0.5) is 0 Å². The number of allylic oxidation sites excluding steroid dienone is 26. The van der Waals surface area contributed by atoms with Gasteiger partial charge in [0, 0.05) is 19.3 Å². The van der Waals surface area contributed by atoms with Crippen LogP contribution < -0.4 is 0 Å². The topological polar surface area (TPSA) is 78.9 Å². The summed E-state index contributed by atoms with van der Waals surface area (Å²) in [6.07, 6.45) is 101. The van der Waals surface area contributed by atoms with Crippen LogP contribution in [0.15, 0.2) is 158 Å². The quantitative estimate of drug-likeness (QED) is 0.0261. The number of hydrogen-bond donors (Lipinski definition) is 0. The minimum absolute atomic E-state index is 0.0974. The molecule has 0 amide bonds. The predicted molar refractivity (Wildman–Crippen MR) is 362 cm³/mol. The molecule has 0 aliphatic heterocycles. The fourth-order valence-corrected chi connectivity index (χ4v) is 8.97. The normalized spacial score (nSPS) is 13.1. The molecule has 0 aromatic carbocycles. The first-order chi connectivity index (χ1) is 41.0. The van der Waals surface area contributed by atoms with Crippen molar-refractivity contribution >= 4 is 17.9 Å². The SMILES string of the molecule is CC/C=C\C/C=C\C/C=C\C/C=C\C/C=C\C/C=C\C/C=C\C/C=C\CCCCCCC(=O)OCC(COC(=O)CCCCCCC/C=C\CCCCCC)OC(=O)CCCCCCCCCCCC/C=C\C/C=C\C/C=C\C/C=C\CC. The molecule has 0 aromatic heterocycles. The van der Waals surface area contributed by atoms with E-state index in [2.05, 4.69) is 179 Å². The average Bonchev–Trinajstić information content (AvgIpc) is 3.49. The number of hydrogen-bond acceptors (Lipinski definition) is 6. The van der Waals surface area contributed by atoms with Crippen molar-refractivity contribution in [2.24, 2.45) is 0 Å². The summed E-state index contributed by atoms with van der Waals surface area (Å²) in [4.78, 5) is 38.4. The molecule has 0 heterocycles. The lowest BCUT2D eigenvalue weighted by Gasteiger charge is -2.18. The van der Waals surface area contributed by atoms with Crippen molar-refractivity contribution in [3.05, 3.63) is 158 Å². The van der Waals surface area contributed by atoms with Crippen molar-refractivity contribution in [1.82, 2.24) is 0 Å². The Labute approximate surface area is 511 Å². The molecule has 0 rings (SSSR count). The van der Waals surface area contributed by atoms with Gasteiger partial charge in [-0.25, -0.2) is 0 Å². The van der Waals surface area contributed by atoms with Crippen LogP contribution in [0.5, 0.6) is 0 Å². The fraction of sp³-hybridized carbons (Fsp3) is 0.623. The molecule has 6 heteroatoms. The van der Waals surface area contributed by atoms with Crippen LogP contribution in [0.1, 0.15) is 290 Å². The molecular weight excluding hydrogens is 1020 g/mol. The zero-order valence-electron chi connectivity index (χ0n) is 53.7. The summed E-state index contributed by atoms with van der Waals surface area (Å²) in [5.41, 5.74) is 0. The van der Waals surface area contributed by atoms with Gasteiger partial charge in [0.15, 0.2) is 6.10 Å². The van der Waals surface area contributed by atoms with Gasteiger partial charge in [0.2, 0.25) is 0 Å². The Hall–Kier alpha value is -4.97. The maximum Gasteiger partial charge on any atom is 0.306 e. The highest BCUT2D eigenvalue weighted by atomic mass is 16.6. The fourth-order valence-electron chi connectivity index (χ4n) is 8.97. The summed E-state index contributed by atoms with van der Waals surface area (Å²) in [5, 5.41) is 0. The molecule has 468 valence electrons. The van der Waals surface area contributed by atoms with Gasteiger partial charge in [-0.3, -0.25) is 14.4 Å². The van der Waals surface area contributed by atoms with Crippen molar-refractivity contribution in [3.63, 3.8) is 0 Å². The second-order valence-electron chi connectivity index (χ2n) is 22.0. The highest BCUT2D eigenvalue weighted by Crippen LogP contribution is 2.15. The summed E-state index contributed by atoms with van der Waals surface area (Å²) in [6, 6.07) is 0. The van der Waals surface area contributed by atoms with Gasteiger partial charge in [-0.2, -0.15) is 0 Å². The van der Waals surface area contributed by atoms with Gasteiger partial charge in [-0.15, -0.1) is 0 Å². The molecule has 6 nitrogen and oxygen atoms in total. The standard InChI is InChI=1S/C77H124O6/c1-4-7-10-13-16-19-22-25-27-29-31-33-35-36-37-38-39-40-42-43-45-47-49-52-55-58-61-64-67-70-76(79)82-73-74(72-81-75(78)69-66-63-60-57-54-51-24-21-18-15-12-9-6-3)83-77(80)71-68-65-62-59-56-53-50-48-46-44-41-34-32-30-28-26-23-20-17-14-11-8-5-2/h7-8,10-11,16-17,19-21,24-28,31-34,36-37,39-40,43,45,49,52,74H,4-6,9,12-15,18,22-23,29-30,35,38,41-42,44,46-48,50-51,53-73H2,1-3H3/b10-7-,11-8-,19-16-,20-17-,24-21-,27-25-,28-26-,33-31-,34-32-,37-36-,40-39-,45-43-,52-49-. The average molecular weight is 1150 g/mol. The minimum Gasteiger partial charge on any atom is -0.462 e. The molecule has 0 radical (unpaired) electrons. The molecule has 1 unspecified atom stereocenters. The zero-order valence-corrected chi connectivity index (χ0v) is 53.7. The van der Waals surface area contributed by atoms with Crippen LogP contribution in [0.2, 0.25) is 0 Å². The van der Waals surface area contributed by atoms with Gasteiger partial charge in [0.05, 0.1) is 0 Å². The number of esters is 3. The Morgan fingerprint density at radius 1 is 0.253 bits per heavy atom. The minimum atomic E-state index is -0.803. The van der Waals surface area contributed by atoms with Crippen LogP contribution in [0.3, 0.4) is 0 Å². The van der Waals surface area contributed by atoms with Crippen LogP contribution in [-0.4, -0.2) is 37.2 Å². The molecule has 0 saturated heterocycles. The van der Waals surface area contributed by atoms with E-state index in [-0.39, 0.29) is 31.1 Å². The van der Waals surface area contributed by atoms with Gasteiger partial charge in [-0.1, -0.05) is 281 Å². The van der Waals surface area contributed by atoms with Crippen LogP contribution in [-0.2, 0) is 28.6 Å². The molecule has 83 heavy (non-hydrogen) atoms. The Balaban J connectivity index is 4.41. The number of carbonyl (C=O) groups excluding carboxylic acids is 3. The Kier molecular flexibility index (Phi) is 65.4. The summed E-state index contributed by atoms with van der Waals surface area (Å²) in [6.45, 7) is 6.37. The number of carbonyl (C=O) groups is 3.